The van der Waals surface area contributed by atoms with E-state index in [0.29, 0.717) is 0 Å². The first-order chi connectivity index (χ1) is 10.2. The largest absolute Gasteiger partial charge is 0.388 e. The lowest BCUT2D eigenvalue weighted by atomic mass is 9.49. The van der Waals surface area contributed by atoms with Crippen LogP contribution in [-0.2, 0) is 4.84 Å². The van der Waals surface area contributed by atoms with Gasteiger partial charge in [-0.25, -0.2) is 0 Å². The number of aryl methyl sites for hydroxylation is 1. The standard InChI is InChI=1S/C19H23NO/c1-12-2-4-15(5-3-12)18-11-19(21-20-18)16-7-13-6-14(9-16)10-17(19)8-13/h2-5,13-14,16-17H,6-11H2,1H3. The Kier molecular flexibility index (Phi) is 2.40. The van der Waals surface area contributed by atoms with Crippen LogP contribution >= 0.6 is 0 Å². The molecular formula is C19H23NO. The predicted octanol–water partition coefficient (Wildman–Crippen LogP) is 4.31. The van der Waals surface area contributed by atoms with Crippen LogP contribution in [0.25, 0.3) is 0 Å². The second-order valence-corrected chi connectivity index (χ2v) is 7.93. The zero-order chi connectivity index (χ0) is 14.0. The molecule has 0 unspecified atom stereocenters. The van der Waals surface area contributed by atoms with E-state index < -0.39 is 0 Å². The molecule has 4 saturated carbocycles. The highest BCUT2D eigenvalue weighted by atomic mass is 16.7. The zero-order valence-corrected chi connectivity index (χ0v) is 12.7. The fourth-order valence-corrected chi connectivity index (χ4v) is 5.79. The SMILES string of the molecule is Cc1ccc(C2=NOC3(C2)C2CC4CC(C2)CC3C4)cc1. The van der Waals surface area contributed by atoms with Crippen LogP contribution in [0.5, 0.6) is 0 Å². The number of hydrogen-bond acceptors (Lipinski definition) is 2. The number of rotatable bonds is 1. The number of hydrogen-bond donors (Lipinski definition) is 0. The highest BCUT2D eigenvalue weighted by molar-refractivity contribution is 6.01. The van der Waals surface area contributed by atoms with Crippen molar-refractivity contribution in [3.05, 3.63) is 35.4 Å². The van der Waals surface area contributed by atoms with Crippen LogP contribution in [0.2, 0.25) is 0 Å². The molecule has 4 aliphatic carbocycles. The van der Waals surface area contributed by atoms with Crippen molar-refractivity contribution in [3.63, 3.8) is 0 Å². The molecule has 110 valence electrons. The van der Waals surface area contributed by atoms with E-state index in [1.54, 1.807) is 0 Å². The molecule has 0 radical (unpaired) electrons. The van der Waals surface area contributed by atoms with Gasteiger partial charge in [-0.05, 0) is 56.4 Å². The van der Waals surface area contributed by atoms with Gasteiger partial charge in [0.05, 0.1) is 5.71 Å². The summed E-state index contributed by atoms with van der Waals surface area (Å²) in [6.45, 7) is 2.13. The summed E-state index contributed by atoms with van der Waals surface area (Å²) in [5.41, 5.74) is 3.81. The summed E-state index contributed by atoms with van der Waals surface area (Å²) in [5.74, 6) is 3.51. The van der Waals surface area contributed by atoms with Gasteiger partial charge in [0.1, 0.15) is 5.60 Å². The van der Waals surface area contributed by atoms with Gasteiger partial charge < -0.3 is 4.84 Å². The molecule has 0 aromatic heterocycles. The molecule has 1 spiro atoms. The van der Waals surface area contributed by atoms with Gasteiger partial charge in [0.2, 0.25) is 0 Å². The lowest BCUT2D eigenvalue weighted by Crippen LogP contribution is -2.57. The molecule has 0 N–H and O–H groups in total. The Morgan fingerprint density at radius 2 is 1.57 bits per heavy atom. The molecule has 5 aliphatic rings. The van der Waals surface area contributed by atoms with Crippen LogP contribution in [0.3, 0.4) is 0 Å². The molecule has 0 saturated heterocycles. The van der Waals surface area contributed by atoms with Crippen molar-refractivity contribution >= 4 is 5.71 Å². The van der Waals surface area contributed by atoms with Crippen molar-refractivity contribution in [3.8, 4) is 0 Å². The first kappa shape index (κ1) is 12.3. The van der Waals surface area contributed by atoms with Gasteiger partial charge in [0.25, 0.3) is 0 Å². The minimum absolute atomic E-state index is 0.0631. The van der Waals surface area contributed by atoms with E-state index in [0.717, 1.165) is 30.1 Å². The van der Waals surface area contributed by atoms with E-state index >= 15 is 0 Å². The lowest BCUT2D eigenvalue weighted by Gasteiger charge is -2.58. The first-order valence-electron chi connectivity index (χ1n) is 8.55. The monoisotopic (exact) mass is 281 g/mol. The van der Waals surface area contributed by atoms with E-state index in [1.807, 2.05) is 0 Å². The summed E-state index contributed by atoms with van der Waals surface area (Å²) >= 11 is 0. The van der Waals surface area contributed by atoms with Crippen molar-refractivity contribution in [2.24, 2.45) is 28.8 Å². The molecule has 0 atom stereocenters. The van der Waals surface area contributed by atoms with Crippen molar-refractivity contribution in [2.75, 3.05) is 0 Å². The van der Waals surface area contributed by atoms with Crippen molar-refractivity contribution < 1.29 is 4.84 Å². The fraction of sp³-hybridized carbons (Fsp3) is 0.632. The molecular weight excluding hydrogens is 258 g/mol. The van der Waals surface area contributed by atoms with Gasteiger partial charge in [-0.1, -0.05) is 35.0 Å². The second-order valence-electron chi connectivity index (χ2n) is 7.93. The fourth-order valence-electron chi connectivity index (χ4n) is 5.79. The van der Waals surface area contributed by atoms with Gasteiger partial charge in [0.15, 0.2) is 0 Å². The molecule has 4 fully saturated rings. The summed E-state index contributed by atoms with van der Waals surface area (Å²) in [5, 5.41) is 4.55. The quantitative estimate of drug-likeness (QED) is 0.751. The minimum Gasteiger partial charge on any atom is -0.388 e. The Morgan fingerprint density at radius 3 is 2.19 bits per heavy atom. The highest BCUT2D eigenvalue weighted by Gasteiger charge is 2.61. The topological polar surface area (TPSA) is 21.6 Å². The molecule has 21 heavy (non-hydrogen) atoms. The number of oxime groups is 1. The molecule has 1 aromatic carbocycles. The molecule has 1 aliphatic heterocycles. The van der Waals surface area contributed by atoms with E-state index in [2.05, 4.69) is 36.3 Å². The Balaban J connectivity index is 1.44. The predicted molar refractivity (Wildman–Crippen MR) is 83.2 cm³/mol. The summed E-state index contributed by atoms with van der Waals surface area (Å²) < 4.78 is 0. The summed E-state index contributed by atoms with van der Waals surface area (Å²) in [6.07, 6.45) is 8.11. The molecule has 4 bridgehead atoms. The molecule has 1 heterocycles. The van der Waals surface area contributed by atoms with E-state index in [4.69, 9.17) is 4.84 Å². The Labute approximate surface area is 126 Å². The van der Waals surface area contributed by atoms with E-state index in [1.165, 1.54) is 48.9 Å². The molecule has 1 aromatic rings. The van der Waals surface area contributed by atoms with Crippen LogP contribution in [0.1, 0.15) is 49.7 Å². The minimum atomic E-state index is 0.0631. The van der Waals surface area contributed by atoms with Crippen LogP contribution < -0.4 is 0 Å². The summed E-state index contributed by atoms with van der Waals surface area (Å²) in [4.78, 5) is 6.20. The van der Waals surface area contributed by atoms with Crippen LogP contribution in [-0.4, -0.2) is 11.3 Å². The normalized spacial score (nSPS) is 43.2. The van der Waals surface area contributed by atoms with Gasteiger partial charge in [-0.2, -0.15) is 0 Å². The maximum absolute atomic E-state index is 6.20. The zero-order valence-electron chi connectivity index (χ0n) is 12.7. The maximum Gasteiger partial charge on any atom is 0.149 e. The van der Waals surface area contributed by atoms with Crippen LogP contribution in [0.15, 0.2) is 29.4 Å². The van der Waals surface area contributed by atoms with Gasteiger partial charge in [-0.3, -0.25) is 0 Å². The smallest absolute Gasteiger partial charge is 0.149 e. The third-order valence-electron chi connectivity index (χ3n) is 6.67. The molecule has 6 rings (SSSR count). The Morgan fingerprint density at radius 1 is 0.952 bits per heavy atom. The second kappa shape index (κ2) is 4.12. The number of benzene rings is 1. The molecule has 0 amide bonds. The summed E-state index contributed by atoms with van der Waals surface area (Å²) in [6, 6.07) is 8.76. The third-order valence-corrected chi connectivity index (χ3v) is 6.67. The van der Waals surface area contributed by atoms with Gasteiger partial charge in [-0.15, -0.1) is 0 Å². The average molecular weight is 281 g/mol. The third kappa shape index (κ3) is 1.68. The number of nitrogens with zero attached hydrogens (tertiary/aromatic N) is 1. The van der Waals surface area contributed by atoms with E-state index in [-0.39, 0.29) is 5.60 Å². The van der Waals surface area contributed by atoms with E-state index in [9.17, 15) is 0 Å². The lowest BCUT2D eigenvalue weighted by molar-refractivity contribution is -0.190. The molecule has 2 heteroatoms. The molecule has 2 nitrogen and oxygen atoms in total. The maximum atomic E-state index is 6.20. The average Bonchev–Trinajstić information content (AvgIpc) is 2.91. The summed E-state index contributed by atoms with van der Waals surface area (Å²) in [7, 11) is 0. The van der Waals surface area contributed by atoms with Crippen molar-refractivity contribution in [1.82, 2.24) is 0 Å². The van der Waals surface area contributed by atoms with Crippen LogP contribution in [0.4, 0.5) is 0 Å². The first-order valence-corrected chi connectivity index (χ1v) is 8.55. The van der Waals surface area contributed by atoms with Gasteiger partial charge in [0, 0.05) is 18.3 Å². The Bertz CT molecular complexity index is 572. The highest BCUT2D eigenvalue weighted by Crippen LogP contribution is 2.62. The Hall–Kier alpha value is -1.31. The van der Waals surface area contributed by atoms with Crippen molar-refractivity contribution in [2.45, 2.75) is 51.0 Å². The van der Waals surface area contributed by atoms with Crippen molar-refractivity contribution in [1.29, 1.82) is 0 Å². The van der Waals surface area contributed by atoms with Crippen LogP contribution in [0, 0.1) is 30.6 Å². The van der Waals surface area contributed by atoms with Gasteiger partial charge >= 0.3 is 0 Å².